The molecule has 2 aromatic carbocycles. The van der Waals surface area contributed by atoms with E-state index in [0.717, 1.165) is 11.3 Å². The van der Waals surface area contributed by atoms with Crippen LogP contribution >= 0.6 is 11.6 Å². The minimum Gasteiger partial charge on any atom is -0.314 e. The maximum atomic E-state index is 12.2. The summed E-state index contributed by atoms with van der Waals surface area (Å²) in [7, 11) is 1.73. The Morgan fingerprint density at radius 2 is 1.50 bits per heavy atom. The van der Waals surface area contributed by atoms with E-state index in [9.17, 15) is 4.79 Å². The molecule has 0 aromatic heterocycles. The first-order valence-electron chi connectivity index (χ1n) is 5.72. The lowest BCUT2D eigenvalue weighted by atomic mass is 10.1. The molecular weight excluding hydrogens is 246 g/mol. The molecule has 3 heteroatoms. The highest BCUT2D eigenvalue weighted by Crippen LogP contribution is 2.24. The summed E-state index contributed by atoms with van der Waals surface area (Å²) >= 11 is 6.21. The number of rotatable bonds is 3. The minimum absolute atomic E-state index is 0.130. The molecule has 0 saturated carbocycles. The number of para-hydroxylation sites is 1. The highest BCUT2D eigenvalue weighted by Gasteiger charge is 2.21. The number of hydrogen-bond acceptors (Lipinski definition) is 1. The summed E-state index contributed by atoms with van der Waals surface area (Å²) in [6, 6.07) is 18.8. The van der Waals surface area contributed by atoms with Gasteiger partial charge < -0.3 is 4.90 Å². The predicted octanol–water partition coefficient (Wildman–Crippen LogP) is 3.63. The van der Waals surface area contributed by atoms with Gasteiger partial charge in [0.15, 0.2) is 0 Å². The van der Waals surface area contributed by atoms with Gasteiger partial charge >= 0.3 is 0 Å². The molecule has 2 rings (SSSR count). The highest BCUT2D eigenvalue weighted by molar-refractivity contribution is 6.32. The number of nitrogens with zero attached hydrogens (tertiary/aromatic N) is 1. The Hall–Kier alpha value is -1.80. The third-order valence-corrected chi connectivity index (χ3v) is 3.22. The molecule has 0 fully saturated rings. The first kappa shape index (κ1) is 12.7. The van der Waals surface area contributed by atoms with Crippen molar-refractivity contribution in [3.63, 3.8) is 0 Å². The van der Waals surface area contributed by atoms with Gasteiger partial charge in [0.05, 0.1) is 0 Å². The van der Waals surface area contributed by atoms with E-state index in [-0.39, 0.29) is 5.91 Å². The van der Waals surface area contributed by atoms with Crippen LogP contribution in [-0.2, 0) is 4.79 Å². The van der Waals surface area contributed by atoms with Crippen LogP contribution in [0.4, 0.5) is 5.69 Å². The average Bonchev–Trinajstić information content (AvgIpc) is 2.47. The van der Waals surface area contributed by atoms with E-state index >= 15 is 0 Å². The van der Waals surface area contributed by atoms with Crippen molar-refractivity contribution in [3.8, 4) is 0 Å². The number of carbonyl (C=O) groups excluding carboxylic acids is 1. The number of hydrogen-bond donors (Lipinski definition) is 0. The number of likely N-dealkylation sites (N-methyl/N-ethyl adjacent to an activating group) is 1. The van der Waals surface area contributed by atoms with E-state index in [4.69, 9.17) is 11.6 Å². The fourth-order valence-electron chi connectivity index (χ4n) is 1.71. The van der Waals surface area contributed by atoms with E-state index in [2.05, 4.69) is 0 Å². The van der Waals surface area contributed by atoms with Crippen LogP contribution in [0, 0.1) is 0 Å². The predicted molar refractivity (Wildman–Crippen MR) is 74.9 cm³/mol. The largest absolute Gasteiger partial charge is 0.314 e. The number of benzene rings is 2. The minimum atomic E-state index is -0.656. The zero-order valence-electron chi connectivity index (χ0n) is 10.1. The lowest BCUT2D eigenvalue weighted by Gasteiger charge is -2.20. The van der Waals surface area contributed by atoms with Gasteiger partial charge in [-0.25, -0.2) is 0 Å². The quantitative estimate of drug-likeness (QED) is 0.771. The molecule has 0 bridgehead atoms. The summed E-state index contributed by atoms with van der Waals surface area (Å²) in [5, 5.41) is -0.656. The van der Waals surface area contributed by atoms with Gasteiger partial charge in [0.1, 0.15) is 5.38 Å². The van der Waals surface area contributed by atoms with Gasteiger partial charge in [-0.05, 0) is 17.7 Å². The van der Waals surface area contributed by atoms with E-state index in [1.54, 1.807) is 11.9 Å². The Bertz CT molecular complexity index is 465. The summed E-state index contributed by atoms with van der Waals surface area (Å²) in [5.74, 6) is -0.130. The molecule has 0 N–H and O–H groups in total. The van der Waals surface area contributed by atoms with Crippen LogP contribution in [-0.4, -0.2) is 13.0 Å². The fourth-order valence-corrected chi connectivity index (χ4v) is 2.01. The zero-order chi connectivity index (χ0) is 13.0. The molecular formula is C15H14ClNO. The SMILES string of the molecule is CN(C(=O)C(Cl)c1ccccc1)c1ccccc1. The normalized spacial score (nSPS) is 11.9. The van der Waals surface area contributed by atoms with Crippen LogP contribution < -0.4 is 4.90 Å². The Kier molecular flexibility index (Phi) is 4.00. The van der Waals surface area contributed by atoms with Gasteiger partial charge in [0, 0.05) is 12.7 Å². The van der Waals surface area contributed by atoms with Gasteiger partial charge in [-0.3, -0.25) is 4.79 Å². The van der Waals surface area contributed by atoms with E-state index in [0.29, 0.717) is 0 Å². The molecule has 18 heavy (non-hydrogen) atoms. The zero-order valence-corrected chi connectivity index (χ0v) is 10.8. The first-order chi connectivity index (χ1) is 8.70. The fraction of sp³-hybridized carbons (Fsp3) is 0.133. The topological polar surface area (TPSA) is 20.3 Å². The molecule has 0 heterocycles. The van der Waals surface area contributed by atoms with E-state index < -0.39 is 5.38 Å². The van der Waals surface area contributed by atoms with Gasteiger partial charge in [-0.2, -0.15) is 0 Å². The molecule has 0 spiro atoms. The maximum absolute atomic E-state index is 12.2. The molecule has 1 atom stereocenters. The van der Waals surface area contributed by atoms with Crippen LogP contribution in [0.3, 0.4) is 0 Å². The lowest BCUT2D eigenvalue weighted by Crippen LogP contribution is -2.29. The van der Waals surface area contributed by atoms with Crippen LogP contribution in [0.5, 0.6) is 0 Å². The lowest BCUT2D eigenvalue weighted by molar-refractivity contribution is -0.118. The number of amides is 1. The van der Waals surface area contributed by atoms with Crippen molar-refractivity contribution < 1.29 is 4.79 Å². The summed E-state index contributed by atoms with van der Waals surface area (Å²) in [6.45, 7) is 0. The number of alkyl halides is 1. The maximum Gasteiger partial charge on any atom is 0.249 e. The smallest absolute Gasteiger partial charge is 0.249 e. The Morgan fingerprint density at radius 1 is 1.00 bits per heavy atom. The second-order valence-electron chi connectivity index (χ2n) is 4.01. The summed E-state index contributed by atoms with van der Waals surface area (Å²) in [5.41, 5.74) is 1.65. The molecule has 0 aliphatic carbocycles. The number of carbonyl (C=O) groups is 1. The van der Waals surface area contributed by atoms with Crippen molar-refractivity contribution in [3.05, 3.63) is 66.2 Å². The van der Waals surface area contributed by atoms with Crippen LogP contribution in [0.1, 0.15) is 10.9 Å². The highest BCUT2D eigenvalue weighted by atomic mass is 35.5. The van der Waals surface area contributed by atoms with Crippen LogP contribution in [0.15, 0.2) is 60.7 Å². The summed E-state index contributed by atoms with van der Waals surface area (Å²) in [4.78, 5) is 13.8. The summed E-state index contributed by atoms with van der Waals surface area (Å²) < 4.78 is 0. The monoisotopic (exact) mass is 259 g/mol. The molecule has 2 nitrogen and oxygen atoms in total. The average molecular weight is 260 g/mol. The van der Waals surface area contributed by atoms with E-state index in [1.807, 2.05) is 60.7 Å². The molecule has 0 saturated heterocycles. The van der Waals surface area contributed by atoms with Crippen molar-refractivity contribution in [1.82, 2.24) is 0 Å². The van der Waals surface area contributed by atoms with Crippen molar-refractivity contribution in [1.29, 1.82) is 0 Å². The molecule has 1 amide bonds. The van der Waals surface area contributed by atoms with Crippen molar-refractivity contribution in [2.24, 2.45) is 0 Å². The molecule has 92 valence electrons. The van der Waals surface area contributed by atoms with E-state index in [1.165, 1.54) is 0 Å². The van der Waals surface area contributed by atoms with Gasteiger partial charge in [0.25, 0.3) is 0 Å². The Labute approximate surface area is 112 Å². The third-order valence-electron chi connectivity index (χ3n) is 2.78. The molecule has 1 unspecified atom stereocenters. The van der Waals surface area contributed by atoms with Crippen LogP contribution in [0.2, 0.25) is 0 Å². The second-order valence-corrected chi connectivity index (χ2v) is 4.44. The molecule has 0 aliphatic heterocycles. The first-order valence-corrected chi connectivity index (χ1v) is 6.15. The van der Waals surface area contributed by atoms with Crippen molar-refractivity contribution in [2.45, 2.75) is 5.38 Å². The van der Waals surface area contributed by atoms with Crippen LogP contribution in [0.25, 0.3) is 0 Å². The standard InChI is InChI=1S/C15H14ClNO/c1-17(13-10-6-3-7-11-13)15(18)14(16)12-8-4-2-5-9-12/h2-11,14H,1H3. The number of anilines is 1. The molecule has 2 aromatic rings. The Balaban J connectivity index is 2.17. The van der Waals surface area contributed by atoms with Crippen molar-refractivity contribution in [2.75, 3.05) is 11.9 Å². The van der Waals surface area contributed by atoms with Gasteiger partial charge in [0.2, 0.25) is 5.91 Å². The third kappa shape index (κ3) is 2.71. The number of halogens is 1. The van der Waals surface area contributed by atoms with Gasteiger partial charge in [-0.1, -0.05) is 48.5 Å². The van der Waals surface area contributed by atoms with Gasteiger partial charge in [-0.15, -0.1) is 11.6 Å². The molecule has 0 aliphatic rings. The molecule has 0 radical (unpaired) electrons. The Morgan fingerprint density at radius 3 is 2.06 bits per heavy atom. The second kappa shape index (κ2) is 5.69. The van der Waals surface area contributed by atoms with Crippen molar-refractivity contribution >= 4 is 23.2 Å². The summed E-state index contributed by atoms with van der Waals surface area (Å²) in [6.07, 6.45) is 0.